The Morgan fingerprint density at radius 2 is 2.11 bits per heavy atom. The standard InChI is InChI=1S/C14H16N2O3/c1-3-10-6-13(15(2)9-10)8-11-7-12(16(18)19)4-5-14(11)17/h4-7,9,17H,3,8H2,1-2H3. The molecule has 0 fully saturated rings. The second kappa shape index (κ2) is 5.14. The Labute approximate surface area is 111 Å². The fraction of sp³-hybridized carbons (Fsp3) is 0.286. The van der Waals surface area contributed by atoms with Crippen LogP contribution in [0.2, 0.25) is 0 Å². The lowest BCUT2D eigenvalue weighted by atomic mass is 10.1. The monoisotopic (exact) mass is 260 g/mol. The molecule has 5 nitrogen and oxygen atoms in total. The lowest BCUT2D eigenvalue weighted by Crippen LogP contribution is -1.97. The average molecular weight is 260 g/mol. The molecule has 2 rings (SSSR count). The fourth-order valence-electron chi connectivity index (χ4n) is 2.08. The Bertz CT molecular complexity index is 617. The molecule has 1 aromatic heterocycles. The van der Waals surface area contributed by atoms with Crippen molar-refractivity contribution in [3.8, 4) is 5.75 Å². The number of phenols is 1. The van der Waals surface area contributed by atoms with E-state index < -0.39 is 4.92 Å². The zero-order valence-corrected chi connectivity index (χ0v) is 11.0. The van der Waals surface area contributed by atoms with Gasteiger partial charge in [-0.05, 0) is 24.1 Å². The number of hydrogen-bond donors (Lipinski definition) is 1. The van der Waals surface area contributed by atoms with E-state index in [2.05, 4.69) is 13.0 Å². The molecule has 0 amide bonds. The number of nitrogens with zero attached hydrogens (tertiary/aromatic N) is 2. The van der Waals surface area contributed by atoms with Gasteiger partial charge in [0.05, 0.1) is 4.92 Å². The van der Waals surface area contributed by atoms with E-state index in [1.165, 1.54) is 23.8 Å². The summed E-state index contributed by atoms with van der Waals surface area (Å²) < 4.78 is 1.98. The highest BCUT2D eigenvalue weighted by molar-refractivity contribution is 5.45. The summed E-state index contributed by atoms with van der Waals surface area (Å²) in [5, 5.41) is 20.6. The highest BCUT2D eigenvalue weighted by Crippen LogP contribution is 2.25. The number of nitro benzene ring substituents is 1. The molecule has 19 heavy (non-hydrogen) atoms. The second-order valence-electron chi connectivity index (χ2n) is 4.55. The molecule has 1 aromatic carbocycles. The van der Waals surface area contributed by atoms with E-state index in [-0.39, 0.29) is 11.4 Å². The van der Waals surface area contributed by atoms with Gasteiger partial charge in [-0.15, -0.1) is 0 Å². The molecule has 0 spiro atoms. The van der Waals surface area contributed by atoms with E-state index in [4.69, 9.17) is 0 Å². The van der Waals surface area contributed by atoms with Crippen molar-refractivity contribution in [3.05, 3.63) is 57.4 Å². The van der Waals surface area contributed by atoms with Gasteiger partial charge in [0.2, 0.25) is 0 Å². The maximum Gasteiger partial charge on any atom is 0.269 e. The number of benzene rings is 1. The SMILES string of the molecule is CCc1cc(Cc2cc([N+](=O)[O-])ccc2O)n(C)c1. The van der Waals surface area contributed by atoms with Crippen molar-refractivity contribution in [1.82, 2.24) is 4.57 Å². The lowest BCUT2D eigenvalue weighted by molar-refractivity contribution is -0.384. The van der Waals surface area contributed by atoms with Gasteiger partial charge in [-0.2, -0.15) is 0 Å². The Morgan fingerprint density at radius 1 is 1.37 bits per heavy atom. The number of aromatic nitrogens is 1. The third-order valence-electron chi connectivity index (χ3n) is 3.22. The Kier molecular flexibility index (Phi) is 3.55. The third-order valence-corrected chi connectivity index (χ3v) is 3.22. The van der Waals surface area contributed by atoms with Crippen molar-refractivity contribution < 1.29 is 10.0 Å². The molecule has 0 atom stereocenters. The first kappa shape index (κ1) is 13.1. The zero-order valence-electron chi connectivity index (χ0n) is 11.0. The van der Waals surface area contributed by atoms with Gasteiger partial charge in [0, 0.05) is 43.1 Å². The van der Waals surface area contributed by atoms with Crippen molar-refractivity contribution in [2.45, 2.75) is 19.8 Å². The molecule has 0 saturated heterocycles. The summed E-state index contributed by atoms with van der Waals surface area (Å²) >= 11 is 0. The Balaban J connectivity index is 2.34. The quantitative estimate of drug-likeness (QED) is 0.679. The lowest BCUT2D eigenvalue weighted by Gasteiger charge is -2.05. The van der Waals surface area contributed by atoms with Gasteiger partial charge < -0.3 is 9.67 Å². The summed E-state index contributed by atoms with van der Waals surface area (Å²) in [6.07, 6.45) is 3.45. The van der Waals surface area contributed by atoms with E-state index in [9.17, 15) is 15.2 Å². The van der Waals surface area contributed by atoms with Crippen molar-refractivity contribution in [2.75, 3.05) is 0 Å². The molecule has 0 bridgehead atoms. The molecular formula is C14H16N2O3. The number of rotatable bonds is 4. The van der Waals surface area contributed by atoms with Crippen LogP contribution in [-0.2, 0) is 19.9 Å². The molecule has 0 saturated carbocycles. The van der Waals surface area contributed by atoms with E-state index in [1.54, 1.807) is 0 Å². The van der Waals surface area contributed by atoms with Gasteiger partial charge in [-0.25, -0.2) is 0 Å². The minimum atomic E-state index is -0.453. The van der Waals surface area contributed by atoms with E-state index in [0.717, 1.165) is 12.1 Å². The number of hydrogen-bond acceptors (Lipinski definition) is 3. The van der Waals surface area contributed by atoms with Crippen LogP contribution in [0.5, 0.6) is 5.75 Å². The van der Waals surface area contributed by atoms with Gasteiger partial charge in [-0.1, -0.05) is 6.92 Å². The van der Waals surface area contributed by atoms with Gasteiger partial charge in [0.15, 0.2) is 0 Å². The van der Waals surface area contributed by atoms with Gasteiger partial charge in [-0.3, -0.25) is 10.1 Å². The minimum Gasteiger partial charge on any atom is -0.508 e. The maximum absolute atomic E-state index is 10.8. The van der Waals surface area contributed by atoms with Crippen LogP contribution < -0.4 is 0 Å². The van der Waals surface area contributed by atoms with E-state index in [0.29, 0.717) is 12.0 Å². The normalized spacial score (nSPS) is 10.6. The maximum atomic E-state index is 10.8. The van der Waals surface area contributed by atoms with Crippen LogP contribution in [0.25, 0.3) is 0 Å². The zero-order chi connectivity index (χ0) is 14.0. The summed E-state index contributed by atoms with van der Waals surface area (Å²) in [5.41, 5.74) is 2.80. The Morgan fingerprint density at radius 3 is 2.68 bits per heavy atom. The predicted molar refractivity (Wildman–Crippen MR) is 72.4 cm³/mol. The average Bonchev–Trinajstić information content (AvgIpc) is 2.72. The molecule has 0 aliphatic carbocycles. The van der Waals surface area contributed by atoms with Gasteiger partial charge in [0.25, 0.3) is 5.69 Å². The summed E-state index contributed by atoms with van der Waals surface area (Å²) in [6.45, 7) is 2.07. The third kappa shape index (κ3) is 2.76. The molecule has 2 aromatic rings. The smallest absolute Gasteiger partial charge is 0.269 e. The molecule has 5 heteroatoms. The van der Waals surface area contributed by atoms with Crippen molar-refractivity contribution >= 4 is 5.69 Å². The van der Waals surface area contributed by atoms with Crippen LogP contribution in [0, 0.1) is 10.1 Å². The molecule has 0 unspecified atom stereocenters. The van der Waals surface area contributed by atoms with Gasteiger partial charge in [0.1, 0.15) is 5.75 Å². The summed E-state index contributed by atoms with van der Waals surface area (Å²) in [5.74, 6) is 0.0878. The van der Waals surface area contributed by atoms with Crippen LogP contribution in [0.15, 0.2) is 30.5 Å². The van der Waals surface area contributed by atoms with Crippen LogP contribution in [0.4, 0.5) is 5.69 Å². The minimum absolute atomic E-state index is 0.00211. The molecular weight excluding hydrogens is 244 g/mol. The highest BCUT2D eigenvalue weighted by atomic mass is 16.6. The number of aryl methyl sites for hydroxylation is 2. The van der Waals surface area contributed by atoms with Crippen LogP contribution >= 0.6 is 0 Å². The molecule has 1 N–H and O–H groups in total. The summed E-state index contributed by atoms with van der Waals surface area (Å²) in [4.78, 5) is 10.3. The first-order chi connectivity index (χ1) is 9.01. The van der Waals surface area contributed by atoms with Crippen LogP contribution in [0.3, 0.4) is 0 Å². The topological polar surface area (TPSA) is 68.3 Å². The van der Waals surface area contributed by atoms with Gasteiger partial charge >= 0.3 is 0 Å². The predicted octanol–water partition coefficient (Wildman–Crippen LogP) is 2.79. The molecule has 0 aliphatic rings. The van der Waals surface area contributed by atoms with Crippen molar-refractivity contribution in [1.29, 1.82) is 0 Å². The number of non-ortho nitro benzene ring substituents is 1. The number of phenolic OH excluding ortho intramolecular Hbond substituents is 1. The first-order valence-corrected chi connectivity index (χ1v) is 6.11. The summed E-state index contributed by atoms with van der Waals surface area (Å²) in [7, 11) is 1.93. The number of nitro groups is 1. The van der Waals surface area contributed by atoms with Crippen molar-refractivity contribution in [2.24, 2.45) is 7.05 Å². The second-order valence-corrected chi connectivity index (χ2v) is 4.55. The highest BCUT2D eigenvalue weighted by Gasteiger charge is 2.12. The van der Waals surface area contributed by atoms with Crippen LogP contribution in [-0.4, -0.2) is 14.6 Å². The van der Waals surface area contributed by atoms with Crippen LogP contribution in [0.1, 0.15) is 23.7 Å². The molecule has 100 valence electrons. The van der Waals surface area contributed by atoms with E-state index >= 15 is 0 Å². The molecule has 0 radical (unpaired) electrons. The summed E-state index contributed by atoms with van der Waals surface area (Å²) in [6, 6.07) is 6.16. The fourth-order valence-corrected chi connectivity index (χ4v) is 2.08. The van der Waals surface area contributed by atoms with Crippen molar-refractivity contribution in [3.63, 3.8) is 0 Å². The Hall–Kier alpha value is -2.30. The number of aromatic hydroxyl groups is 1. The largest absolute Gasteiger partial charge is 0.508 e. The molecule has 0 aliphatic heterocycles. The molecule has 1 heterocycles. The first-order valence-electron chi connectivity index (χ1n) is 6.11. The van der Waals surface area contributed by atoms with E-state index in [1.807, 2.05) is 17.8 Å².